The van der Waals surface area contributed by atoms with Crippen molar-refractivity contribution in [3.05, 3.63) is 58.4 Å². The molecule has 3 aliphatic rings. The molecule has 0 aromatic heterocycles. The Morgan fingerprint density at radius 2 is 2.07 bits per heavy atom. The van der Waals surface area contributed by atoms with Gasteiger partial charge in [-0.1, -0.05) is 24.3 Å². The molecule has 0 radical (unpaired) electrons. The lowest BCUT2D eigenvalue weighted by molar-refractivity contribution is 0.173. The van der Waals surface area contributed by atoms with Crippen molar-refractivity contribution >= 4 is 0 Å². The zero-order valence-electron chi connectivity index (χ0n) is 15.8. The van der Waals surface area contributed by atoms with Crippen molar-refractivity contribution in [2.45, 2.75) is 44.4 Å². The van der Waals surface area contributed by atoms with Crippen LogP contribution in [0.5, 0.6) is 11.5 Å². The summed E-state index contributed by atoms with van der Waals surface area (Å²) in [5.41, 5.74) is 4.78. The summed E-state index contributed by atoms with van der Waals surface area (Å²) < 4.78 is 26.0. The molecule has 1 saturated heterocycles. The molecule has 0 spiro atoms. The van der Waals surface area contributed by atoms with Crippen LogP contribution in [0.3, 0.4) is 0 Å². The molecule has 1 fully saturated rings. The maximum absolute atomic E-state index is 14.9. The van der Waals surface area contributed by atoms with E-state index >= 15 is 0 Å². The molecule has 2 heterocycles. The van der Waals surface area contributed by atoms with Gasteiger partial charge in [0.15, 0.2) is 11.5 Å². The first-order chi connectivity index (χ1) is 13.2. The smallest absolute Gasteiger partial charge is 0.231 e. The van der Waals surface area contributed by atoms with Crippen LogP contribution in [0.1, 0.15) is 53.4 Å². The highest BCUT2D eigenvalue weighted by atomic mass is 19.1. The van der Waals surface area contributed by atoms with E-state index in [4.69, 9.17) is 9.47 Å². The Morgan fingerprint density at radius 1 is 1.19 bits per heavy atom. The highest BCUT2D eigenvalue weighted by Gasteiger charge is 2.34. The maximum atomic E-state index is 14.9. The van der Waals surface area contributed by atoms with Gasteiger partial charge in [-0.15, -0.1) is 0 Å². The second kappa shape index (κ2) is 6.83. The quantitative estimate of drug-likeness (QED) is 0.780. The van der Waals surface area contributed by atoms with Gasteiger partial charge in [0.25, 0.3) is 0 Å². The maximum Gasteiger partial charge on any atom is 0.231 e. The van der Waals surface area contributed by atoms with Gasteiger partial charge in [0, 0.05) is 24.7 Å². The number of halogens is 1. The van der Waals surface area contributed by atoms with E-state index in [1.54, 1.807) is 0 Å². The van der Waals surface area contributed by atoms with E-state index in [2.05, 4.69) is 36.1 Å². The minimum atomic E-state index is -0.117. The van der Waals surface area contributed by atoms with Crippen LogP contribution in [0, 0.1) is 12.7 Å². The molecule has 2 aromatic carbocycles. The average molecular weight is 367 g/mol. The Bertz CT molecular complexity index is 866. The largest absolute Gasteiger partial charge is 0.453 e. The summed E-state index contributed by atoms with van der Waals surface area (Å²) in [6.45, 7) is 5.51. The van der Waals surface area contributed by atoms with Gasteiger partial charge in [-0.25, -0.2) is 4.39 Å². The van der Waals surface area contributed by atoms with Gasteiger partial charge >= 0.3 is 0 Å². The molecule has 2 aromatic rings. The van der Waals surface area contributed by atoms with Crippen molar-refractivity contribution in [3.63, 3.8) is 0 Å². The van der Waals surface area contributed by atoms with Crippen LogP contribution < -0.4 is 9.47 Å². The third kappa shape index (κ3) is 3.00. The lowest BCUT2D eigenvalue weighted by Gasteiger charge is -2.30. The first-order valence-corrected chi connectivity index (χ1v) is 10.1. The van der Waals surface area contributed by atoms with Crippen LogP contribution in [0.2, 0.25) is 0 Å². The van der Waals surface area contributed by atoms with E-state index in [9.17, 15) is 4.39 Å². The second-order valence-corrected chi connectivity index (χ2v) is 8.18. The van der Waals surface area contributed by atoms with Gasteiger partial charge in [0.1, 0.15) is 5.82 Å². The lowest BCUT2D eigenvalue weighted by Crippen LogP contribution is -2.29. The number of likely N-dealkylation sites (tertiary alicyclic amines) is 1. The molecule has 5 rings (SSSR count). The number of nitrogens with zero attached hydrogens (tertiary/aromatic N) is 1. The normalized spacial score (nSPS) is 24.2. The van der Waals surface area contributed by atoms with Gasteiger partial charge in [-0.3, -0.25) is 0 Å². The molecule has 2 aliphatic heterocycles. The number of hydrogen-bond acceptors (Lipinski definition) is 3. The summed E-state index contributed by atoms with van der Waals surface area (Å²) in [7, 11) is 0. The molecule has 142 valence electrons. The fourth-order valence-corrected chi connectivity index (χ4v) is 5.24. The first-order valence-electron chi connectivity index (χ1n) is 10.1. The van der Waals surface area contributed by atoms with Crippen LogP contribution in [0.4, 0.5) is 4.39 Å². The molecule has 0 N–H and O–H groups in total. The van der Waals surface area contributed by atoms with E-state index in [-0.39, 0.29) is 18.5 Å². The minimum Gasteiger partial charge on any atom is -0.453 e. The third-order valence-electron chi connectivity index (χ3n) is 6.52. The van der Waals surface area contributed by atoms with Crippen molar-refractivity contribution in [3.8, 4) is 11.5 Å². The second-order valence-electron chi connectivity index (χ2n) is 8.18. The monoisotopic (exact) mass is 367 g/mol. The molecule has 3 nitrogen and oxygen atoms in total. The van der Waals surface area contributed by atoms with Gasteiger partial charge in [0.05, 0.1) is 0 Å². The summed E-state index contributed by atoms with van der Waals surface area (Å²) in [5, 5.41) is 0. The topological polar surface area (TPSA) is 21.7 Å². The van der Waals surface area contributed by atoms with Crippen LogP contribution in [0.25, 0.3) is 0 Å². The molecule has 2 atom stereocenters. The van der Waals surface area contributed by atoms with Crippen molar-refractivity contribution in [1.29, 1.82) is 0 Å². The minimum absolute atomic E-state index is 0.117. The number of hydrogen-bond donors (Lipinski definition) is 0. The van der Waals surface area contributed by atoms with Crippen molar-refractivity contribution in [2.75, 3.05) is 26.4 Å². The molecule has 0 bridgehead atoms. The van der Waals surface area contributed by atoms with E-state index in [0.29, 0.717) is 11.7 Å². The number of benzene rings is 2. The lowest BCUT2D eigenvalue weighted by atomic mass is 9.81. The molecular weight excluding hydrogens is 341 g/mol. The van der Waals surface area contributed by atoms with Crippen molar-refractivity contribution in [1.82, 2.24) is 4.90 Å². The van der Waals surface area contributed by atoms with E-state index in [0.717, 1.165) is 55.8 Å². The molecule has 27 heavy (non-hydrogen) atoms. The van der Waals surface area contributed by atoms with E-state index in [1.807, 2.05) is 0 Å². The molecule has 0 amide bonds. The standard InChI is InChI=1S/C23H26FNO2/c1-15-5-2-3-7-18(15)16-9-10-25(12-16)13-17-6-4-8-19-22(17)20(24)11-21-23(19)27-14-26-21/h2-3,5,7,11,16-17H,4,6,8-10,12-14H2,1H3. The summed E-state index contributed by atoms with van der Waals surface area (Å²) in [5.74, 6) is 2.09. The van der Waals surface area contributed by atoms with Gasteiger partial charge in [0.2, 0.25) is 6.79 Å². The Balaban J connectivity index is 1.36. The zero-order valence-corrected chi connectivity index (χ0v) is 15.8. The Hall–Kier alpha value is -2.07. The summed E-state index contributed by atoms with van der Waals surface area (Å²) in [6.07, 6.45) is 4.22. The Kier molecular flexibility index (Phi) is 4.31. The fraction of sp³-hybridized carbons (Fsp3) is 0.478. The van der Waals surface area contributed by atoms with Gasteiger partial charge < -0.3 is 14.4 Å². The van der Waals surface area contributed by atoms with E-state index in [1.165, 1.54) is 23.6 Å². The van der Waals surface area contributed by atoms with Crippen LogP contribution >= 0.6 is 0 Å². The number of ether oxygens (including phenoxy) is 2. The van der Waals surface area contributed by atoms with Crippen LogP contribution in [0.15, 0.2) is 30.3 Å². The average Bonchev–Trinajstić information content (AvgIpc) is 3.32. The predicted octanol–water partition coefficient (Wildman–Crippen LogP) is 4.77. The molecule has 0 saturated carbocycles. The predicted molar refractivity (Wildman–Crippen MR) is 103 cm³/mol. The molecule has 2 unspecified atom stereocenters. The SMILES string of the molecule is Cc1ccccc1C1CCN(CC2CCCc3c4c(cc(F)c32)OCO4)C1. The van der Waals surface area contributed by atoms with Crippen molar-refractivity contribution < 1.29 is 13.9 Å². The molecule has 1 aliphatic carbocycles. The number of aryl methyl sites for hydroxylation is 1. The molecule has 4 heteroatoms. The summed E-state index contributed by atoms with van der Waals surface area (Å²) in [6, 6.07) is 10.2. The summed E-state index contributed by atoms with van der Waals surface area (Å²) in [4.78, 5) is 2.53. The molecular formula is C23H26FNO2. The third-order valence-corrected chi connectivity index (χ3v) is 6.52. The Morgan fingerprint density at radius 3 is 2.96 bits per heavy atom. The fourth-order valence-electron chi connectivity index (χ4n) is 5.24. The first kappa shape index (κ1) is 17.1. The summed E-state index contributed by atoms with van der Waals surface area (Å²) >= 11 is 0. The van der Waals surface area contributed by atoms with Gasteiger partial charge in [-0.2, -0.15) is 0 Å². The number of rotatable bonds is 3. The highest BCUT2D eigenvalue weighted by Crippen LogP contribution is 2.46. The van der Waals surface area contributed by atoms with Crippen LogP contribution in [-0.4, -0.2) is 31.3 Å². The Labute approximate surface area is 160 Å². The van der Waals surface area contributed by atoms with E-state index < -0.39 is 0 Å². The van der Waals surface area contributed by atoms with Gasteiger partial charge in [-0.05, 0) is 67.7 Å². The van der Waals surface area contributed by atoms with Crippen LogP contribution in [-0.2, 0) is 6.42 Å². The number of fused-ring (bicyclic) bond motifs is 3. The highest BCUT2D eigenvalue weighted by molar-refractivity contribution is 5.54. The zero-order chi connectivity index (χ0) is 18.4. The van der Waals surface area contributed by atoms with Crippen molar-refractivity contribution in [2.24, 2.45) is 0 Å².